The van der Waals surface area contributed by atoms with Gasteiger partial charge in [-0.15, -0.1) is 0 Å². The van der Waals surface area contributed by atoms with E-state index < -0.39 is 17.3 Å². The number of ketones is 1. The lowest BCUT2D eigenvalue weighted by molar-refractivity contribution is -0.156. The molecule has 2 rings (SSSR count). The van der Waals surface area contributed by atoms with Crippen molar-refractivity contribution in [2.75, 3.05) is 20.3 Å². The molecule has 1 aliphatic rings. The molecule has 1 aliphatic heterocycles. The van der Waals surface area contributed by atoms with E-state index in [-0.39, 0.29) is 18.4 Å². The van der Waals surface area contributed by atoms with E-state index in [1.165, 1.54) is 0 Å². The van der Waals surface area contributed by atoms with Crippen molar-refractivity contribution in [1.29, 1.82) is 0 Å². The third-order valence-corrected chi connectivity index (χ3v) is 4.56. The molecule has 0 aromatic heterocycles. The van der Waals surface area contributed by atoms with Gasteiger partial charge in [0.2, 0.25) is 0 Å². The molecule has 1 heterocycles. The van der Waals surface area contributed by atoms with E-state index in [0.29, 0.717) is 6.54 Å². The Kier molecular flexibility index (Phi) is 5.42. The van der Waals surface area contributed by atoms with Crippen LogP contribution in [0.25, 0.3) is 0 Å². The van der Waals surface area contributed by atoms with Crippen molar-refractivity contribution in [2.45, 2.75) is 33.2 Å². The van der Waals surface area contributed by atoms with Crippen molar-refractivity contribution in [3.63, 3.8) is 0 Å². The molecule has 0 bridgehead atoms. The van der Waals surface area contributed by atoms with Crippen LogP contribution in [0.15, 0.2) is 24.3 Å². The standard InChI is InChI=1S/C18H25NO4/c1-5-23-17(21)14-11-19-15(18(2,3)16(14)20)10-12-6-8-13(22-4)9-7-12/h6-9,14-15,19H,5,10-11H2,1-4H3. The Morgan fingerprint density at radius 3 is 2.52 bits per heavy atom. The summed E-state index contributed by atoms with van der Waals surface area (Å²) in [5.41, 5.74) is 0.494. The number of hydrogen-bond donors (Lipinski definition) is 1. The second kappa shape index (κ2) is 7.13. The van der Waals surface area contributed by atoms with E-state index in [0.717, 1.165) is 17.7 Å². The second-order valence-corrected chi connectivity index (χ2v) is 6.40. The summed E-state index contributed by atoms with van der Waals surface area (Å²) in [6, 6.07) is 7.80. The quantitative estimate of drug-likeness (QED) is 0.664. The fourth-order valence-corrected chi connectivity index (χ4v) is 2.99. The highest BCUT2D eigenvalue weighted by Gasteiger charge is 2.47. The van der Waals surface area contributed by atoms with Gasteiger partial charge in [-0.3, -0.25) is 9.59 Å². The van der Waals surface area contributed by atoms with Crippen molar-refractivity contribution < 1.29 is 19.1 Å². The van der Waals surface area contributed by atoms with Gasteiger partial charge in [0.25, 0.3) is 0 Å². The number of methoxy groups -OCH3 is 1. The molecule has 0 amide bonds. The monoisotopic (exact) mass is 319 g/mol. The Hall–Kier alpha value is -1.88. The maximum atomic E-state index is 12.7. The van der Waals surface area contributed by atoms with Gasteiger partial charge in [0.15, 0.2) is 5.78 Å². The number of carbonyl (C=O) groups is 2. The maximum absolute atomic E-state index is 12.7. The zero-order chi connectivity index (χ0) is 17.0. The predicted octanol–water partition coefficient (Wildman–Crippen LogP) is 1.98. The van der Waals surface area contributed by atoms with Crippen molar-refractivity contribution in [3.8, 4) is 5.75 Å². The average Bonchev–Trinajstić information content (AvgIpc) is 2.53. The zero-order valence-corrected chi connectivity index (χ0v) is 14.2. The van der Waals surface area contributed by atoms with Gasteiger partial charge in [0, 0.05) is 18.0 Å². The van der Waals surface area contributed by atoms with Crippen LogP contribution in [0.5, 0.6) is 5.75 Å². The number of hydrogen-bond acceptors (Lipinski definition) is 5. The fourth-order valence-electron chi connectivity index (χ4n) is 2.99. The summed E-state index contributed by atoms with van der Waals surface area (Å²) in [7, 11) is 1.63. The van der Waals surface area contributed by atoms with Gasteiger partial charge in [0.1, 0.15) is 11.7 Å². The molecule has 126 valence electrons. The summed E-state index contributed by atoms with van der Waals surface area (Å²) >= 11 is 0. The highest BCUT2D eigenvalue weighted by atomic mass is 16.5. The number of ether oxygens (including phenoxy) is 2. The number of carbonyl (C=O) groups excluding carboxylic acids is 2. The first kappa shape index (κ1) is 17.5. The molecule has 2 atom stereocenters. The molecule has 1 saturated heterocycles. The summed E-state index contributed by atoms with van der Waals surface area (Å²) in [5.74, 6) is -0.380. The first-order chi connectivity index (χ1) is 10.9. The Bertz CT molecular complexity index is 565. The lowest BCUT2D eigenvalue weighted by atomic mass is 9.70. The van der Waals surface area contributed by atoms with E-state index in [4.69, 9.17) is 9.47 Å². The molecule has 5 nitrogen and oxygen atoms in total. The van der Waals surface area contributed by atoms with Gasteiger partial charge < -0.3 is 14.8 Å². The summed E-state index contributed by atoms with van der Waals surface area (Å²) in [6.45, 7) is 6.15. The third kappa shape index (κ3) is 3.72. The van der Waals surface area contributed by atoms with Crippen molar-refractivity contribution in [2.24, 2.45) is 11.3 Å². The normalized spacial score (nSPS) is 23.4. The minimum Gasteiger partial charge on any atom is -0.497 e. The molecule has 1 aromatic rings. The number of Topliss-reactive ketones (excluding diaryl/α,β-unsaturated/α-hetero) is 1. The first-order valence-electron chi connectivity index (χ1n) is 7.97. The molecule has 0 saturated carbocycles. The van der Waals surface area contributed by atoms with E-state index in [1.54, 1.807) is 14.0 Å². The molecule has 1 fully saturated rings. The molecular weight excluding hydrogens is 294 g/mol. The molecule has 1 N–H and O–H groups in total. The van der Waals surface area contributed by atoms with Crippen LogP contribution < -0.4 is 10.1 Å². The highest BCUT2D eigenvalue weighted by molar-refractivity contribution is 6.03. The van der Waals surface area contributed by atoms with Crippen LogP contribution in [-0.2, 0) is 20.7 Å². The first-order valence-corrected chi connectivity index (χ1v) is 7.97. The van der Waals surface area contributed by atoms with Crippen molar-refractivity contribution >= 4 is 11.8 Å². The SMILES string of the molecule is CCOC(=O)C1CNC(Cc2ccc(OC)cc2)C(C)(C)C1=O. The van der Waals surface area contributed by atoms with E-state index in [1.807, 2.05) is 38.1 Å². The number of piperidine rings is 1. The van der Waals surface area contributed by atoms with Crippen LogP contribution in [0.4, 0.5) is 0 Å². The van der Waals surface area contributed by atoms with E-state index >= 15 is 0 Å². The van der Waals surface area contributed by atoms with Crippen LogP contribution in [-0.4, -0.2) is 38.1 Å². The van der Waals surface area contributed by atoms with E-state index in [2.05, 4.69) is 5.32 Å². The Labute approximate surface area is 137 Å². The molecule has 1 aromatic carbocycles. The van der Waals surface area contributed by atoms with Gasteiger partial charge in [-0.1, -0.05) is 26.0 Å². The number of nitrogens with one attached hydrogen (secondary N) is 1. The van der Waals surface area contributed by atoms with Gasteiger partial charge in [-0.25, -0.2) is 0 Å². The lowest BCUT2D eigenvalue weighted by Crippen LogP contribution is -2.59. The smallest absolute Gasteiger partial charge is 0.317 e. The van der Waals surface area contributed by atoms with Gasteiger partial charge in [-0.2, -0.15) is 0 Å². The Morgan fingerprint density at radius 2 is 1.96 bits per heavy atom. The summed E-state index contributed by atoms with van der Waals surface area (Å²) in [5, 5.41) is 3.35. The van der Waals surface area contributed by atoms with Gasteiger partial charge in [0.05, 0.1) is 13.7 Å². The summed E-state index contributed by atoms with van der Waals surface area (Å²) in [6.07, 6.45) is 0.721. The highest BCUT2D eigenvalue weighted by Crippen LogP contribution is 2.32. The lowest BCUT2D eigenvalue weighted by Gasteiger charge is -2.41. The van der Waals surface area contributed by atoms with Crippen LogP contribution in [0.2, 0.25) is 0 Å². The van der Waals surface area contributed by atoms with Crippen LogP contribution >= 0.6 is 0 Å². The second-order valence-electron chi connectivity index (χ2n) is 6.40. The summed E-state index contributed by atoms with van der Waals surface area (Å²) < 4.78 is 10.2. The number of esters is 1. The predicted molar refractivity (Wildman–Crippen MR) is 87.4 cm³/mol. The van der Waals surface area contributed by atoms with Gasteiger partial charge in [-0.05, 0) is 31.0 Å². The molecule has 0 aliphatic carbocycles. The van der Waals surface area contributed by atoms with Crippen molar-refractivity contribution in [1.82, 2.24) is 5.32 Å². The topological polar surface area (TPSA) is 64.6 Å². The van der Waals surface area contributed by atoms with Crippen molar-refractivity contribution in [3.05, 3.63) is 29.8 Å². The van der Waals surface area contributed by atoms with E-state index in [9.17, 15) is 9.59 Å². The maximum Gasteiger partial charge on any atom is 0.317 e. The molecular formula is C18H25NO4. The number of benzene rings is 1. The summed E-state index contributed by atoms with van der Waals surface area (Å²) in [4.78, 5) is 24.6. The largest absolute Gasteiger partial charge is 0.497 e. The van der Waals surface area contributed by atoms with Crippen LogP contribution in [0.3, 0.4) is 0 Å². The van der Waals surface area contributed by atoms with Gasteiger partial charge >= 0.3 is 5.97 Å². The van der Waals surface area contributed by atoms with Crippen LogP contribution in [0.1, 0.15) is 26.3 Å². The van der Waals surface area contributed by atoms with Crippen LogP contribution in [0, 0.1) is 11.3 Å². The molecule has 0 spiro atoms. The minimum atomic E-state index is -0.711. The zero-order valence-electron chi connectivity index (χ0n) is 14.2. The average molecular weight is 319 g/mol. The molecule has 23 heavy (non-hydrogen) atoms. The Morgan fingerprint density at radius 1 is 1.30 bits per heavy atom. The molecule has 2 unspecified atom stereocenters. The Balaban J connectivity index is 2.09. The molecule has 5 heteroatoms. The molecule has 0 radical (unpaired) electrons. The number of rotatable bonds is 5. The fraction of sp³-hybridized carbons (Fsp3) is 0.556. The minimum absolute atomic E-state index is 0.0194. The third-order valence-electron chi connectivity index (χ3n) is 4.56.